The van der Waals surface area contributed by atoms with Crippen molar-refractivity contribution in [1.82, 2.24) is 15.5 Å². The molecule has 0 spiro atoms. The summed E-state index contributed by atoms with van der Waals surface area (Å²) in [6.07, 6.45) is 4.53. The lowest BCUT2D eigenvalue weighted by Crippen LogP contribution is -2.28. The Balaban J connectivity index is 1.69. The number of aromatic nitrogens is 2. The third-order valence-corrected chi connectivity index (χ3v) is 3.05. The third kappa shape index (κ3) is 2.39. The second-order valence-corrected chi connectivity index (χ2v) is 4.35. The zero-order chi connectivity index (χ0) is 11.5. The van der Waals surface area contributed by atoms with Crippen molar-refractivity contribution >= 4 is 0 Å². The van der Waals surface area contributed by atoms with Crippen LogP contribution in [-0.4, -0.2) is 23.2 Å². The summed E-state index contributed by atoms with van der Waals surface area (Å²) in [5.74, 6) is 2.68. The first-order valence-corrected chi connectivity index (χ1v) is 5.97. The number of nitrogens with one attached hydrogen (secondary N) is 1. The van der Waals surface area contributed by atoms with E-state index in [1.807, 2.05) is 12.1 Å². The standard InChI is InChI=1S/C12H15N3O2/c1-3-9(8-13-5-1)12-14-11(17-15-12)7-10-4-2-6-16-10/h2,4,6,9,13H,1,3,5,7-8H2. The van der Waals surface area contributed by atoms with Crippen molar-refractivity contribution in [3.05, 3.63) is 35.9 Å². The molecule has 1 fully saturated rings. The summed E-state index contributed by atoms with van der Waals surface area (Å²) in [6.45, 7) is 2.04. The van der Waals surface area contributed by atoms with Crippen molar-refractivity contribution in [3.63, 3.8) is 0 Å². The van der Waals surface area contributed by atoms with E-state index in [0.717, 1.165) is 31.1 Å². The highest BCUT2D eigenvalue weighted by Gasteiger charge is 2.20. The van der Waals surface area contributed by atoms with E-state index in [1.54, 1.807) is 6.26 Å². The molecule has 0 bridgehead atoms. The van der Waals surface area contributed by atoms with Gasteiger partial charge in [0.25, 0.3) is 0 Å². The van der Waals surface area contributed by atoms with Crippen molar-refractivity contribution in [2.45, 2.75) is 25.2 Å². The lowest BCUT2D eigenvalue weighted by molar-refractivity contribution is 0.359. The van der Waals surface area contributed by atoms with Crippen molar-refractivity contribution in [2.24, 2.45) is 0 Å². The van der Waals surface area contributed by atoms with Gasteiger partial charge >= 0.3 is 0 Å². The molecule has 1 unspecified atom stereocenters. The average molecular weight is 233 g/mol. The second-order valence-electron chi connectivity index (χ2n) is 4.35. The van der Waals surface area contributed by atoms with Crippen LogP contribution >= 0.6 is 0 Å². The number of piperidine rings is 1. The summed E-state index contributed by atoms with van der Waals surface area (Å²) in [6, 6.07) is 3.77. The molecular formula is C12H15N3O2. The van der Waals surface area contributed by atoms with Crippen molar-refractivity contribution in [1.29, 1.82) is 0 Å². The number of hydrogen-bond donors (Lipinski definition) is 1. The van der Waals surface area contributed by atoms with Crippen molar-refractivity contribution < 1.29 is 8.94 Å². The van der Waals surface area contributed by atoms with Crippen LogP contribution in [0.3, 0.4) is 0 Å². The maximum absolute atomic E-state index is 5.25. The predicted molar refractivity (Wildman–Crippen MR) is 60.7 cm³/mol. The first-order chi connectivity index (χ1) is 8.42. The minimum atomic E-state index is 0.387. The number of nitrogens with zero attached hydrogens (tertiary/aromatic N) is 2. The van der Waals surface area contributed by atoms with Gasteiger partial charge in [-0.3, -0.25) is 0 Å². The minimum absolute atomic E-state index is 0.387. The summed E-state index contributed by atoms with van der Waals surface area (Å²) in [5.41, 5.74) is 0. The lowest BCUT2D eigenvalue weighted by Gasteiger charge is -2.19. The summed E-state index contributed by atoms with van der Waals surface area (Å²) in [4.78, 5) is 4.43. The average Bonchev–Trinajstić information content (AvgIpc) is 3.02. The molecule has 5 nitrogen and oxygen atoms in total. The fourth-order valence-corrected chi connectivity index (χ4v) is 2.14. The molecule has 0 saturated carbocycles. The van der Waals surface area contributed by atoms with E-state index in [4.69, 9.17) is 8.94 Å². The highest BCUT2D eigenvalue weighted by Crippen LogP contribution is 2.21. The van der Waals surface area contributed by atoms with Crippen LogP contribution in [0, 0.1) is 0 Å². The van der Waals surface area contributed by atoms with Crippen LogP contribution in [0.15, 0.2) is 27.3 Å². The molecule has 1 N–H and O–H groups in total. The molecule has 0 radical (unpaired) electrons. The normalized spacial score (nSPS) is 20.6. The molecule has 3 rings (SSSR count). The third-order valence-electron chi connectivity index (χ3n) is 3.05. The highest BCUT2D eigenvalue weighted by atomic mass is 16.5. The Kier molecular flexibility index (Phi) is 2.92. The van der Waals surface area contributed by atoms with Crippen LogP contribution in [0.4, 0.5) is 0 Å². The zero-order valence-electron chi connectivity index (χ0n) is 9.56. The molecule has 90 valence electrons. The van der Waals surface area contributed by atoms with Gasteiger partial charge in [-0.05, 0) is 31.5 Å². The van der Waals surface area contributed by atoms with Gasteiger partial charge < -0.3 is 14.3 Å². The predicted octanol–water partition coefficient (Wildman–Crippen LogP) is 1.72. The Morgan fingerprint density at radius 2 is 2.47 bits per heavy atom. The molecule has 1 saturated heterocycles. The van der Waals surface area contributed by atoms with Gasteiger partial charge in [0.05, 0.1) is 12.7 Å². The first-order valence-electron chi connectivity index (χ1n) is 5.97. The van der Waals surface area contributed by atoms with Gasteiger partial charge in [-0.1, -0.05) is 5.16 Å². The Labute approximate surface area is 99.2 Å². The van der Waals surface area contributed by atoms with Crippen LogP contribution in [0.5, 0.6) is 0 Å². The fraction of sp³-hybridized carbons (Fsp3) is 0.500. The van der Waals surface area contributed by atoms with Crippen LogP contribution in [0.25, 0.3) is 0 Å². The molecule has 1 aliphatic heterocycles. The zero-order valence-corrected chi connectivity index (χ0v) is 9.56. The molecule has 2 aromatic rings. The molecule has 2 aromatic heterocycles. The topological polar surface area (TPSA) is 64.1 Å². The van der Waals surface area contributed by atoms with Crippen LogP contribution in [0.1, 0.15) is 36.2 Å². The molecule has 1 aliphatic rings. The van der Waals surface area contributed by atoms with E-state index in [-0.39, 0.29) is 0 Å². The maximum atomic E-state index is 5.25. The Morgan fingerprint density at radius 1 is 1.47 bits per heavy atom. The van der Waals surface area contributed by atoms with Gasteiger partial charge in [0.15, 0.2) is 5.82 Å². The molecule has 0 aromatic carbocycles. The van der Waals surface area contributed by atoms with Gasteiger partial charge in [0, 0.05) is 12.5 Å². The smallest absolute Gasteiger partial charge is 0.234 e. The monoisotopic (exact) mass is 233 g/mol. The van der Waals surface area contributed by atoms with Crippen LogP contribution in [-0.2, 0) is 6.42 Å². The summed E-state index contributed by atoms with van der Waals surface area (Å²) in [5, 5.41) is 7.40. The first kappa shape index (κ1) is 10.5. The van der Waals surface area contributed by atoms with Crippen LogP contribution in [0.2, 0.25) is 0 Å². The minimum Gasteiger partial charge on any atom is -0.469 e. The van der Waals surface area contributed by atoms with Gasteiger partial charge in [-0.2, -0.15) is 4.98 Å². The number of hydrogen-bond acceptors (Lipinski definition) is 5. The van der Waals surface area contributed by atoms with Crippen molar-refractivity contribution in [2.75, 3.05) is 13.1 Å². The molecule has 3 heterocycles. The van der Waals surface area contributed by atoms with Gasteiger partial charge in [-0.15, -0.1) is 0 Å². The molecule has 1 atom stereocenters. The van der Waals surface area contributed by atoms with Crippen molar-refractivity contribution in [3.8, 4) is 0 Å². The summed E-state index contributed by atoms with van der Waals surface area (Å²) in [7, 11) is 0. The van der Waals surface area contributed by atoms with Gasteiger partial charge in [0.2, 0.25) is 5.89 Å². The highest BCUT2D eigenvalue weighted by molar-refractivity contribution is 5.06. The number of furan rings is 1. The van der Waals surface area contributed by atoms with E-state index in [2.05, 4.69) is 15.5 Å². The molecular weight excluding hydrogens is 218 g/mol. The van der Waals surface area contributed by atoms with E-state index in [9.17, 15) is 0 Å². The lowest BCUT2D eigenvalue weighted by atomic mass is 9.99. The molecule has 17 heavy (non-hydrogen) atoms. The molecule has 0 amide bonds. The van der Waals surface area contributed by atoms with Crippen LogP contribution < -0.4 is 5.32 Å². The quantitative estimate of drug-likeness (QED) is 0.874. The second kappa shape index (κ2) is 4.71. The summed E-state index contributed by atoms with van der Waals surface area (Å²) >= 11 is 0. The fourth-order valence-electron chi connectivity index (χ4n) is 2.14. The Hall–Kier alpha value is -1.62. The molecule has 0 aliphatic carbocycles. The van der Waals surface area contributed by atoms with E-state index < -0.39 is 0 Å². The van der Waals surface area contributed by atoms with Gasteiger partial charge in [0.1, 0.15) is 5.76 Å². The molecule has 5 heteroatoms. The van der Waals surface area contributed by atoms with E-state index in [1.165, 1.54) is 6.42 Å². The maximum Gasteiger partial charge on any atom is 0.234 e. The summed E-state index contributed by atoms with van der Waals surface area (Å²) < 4.78 is 10.5. The largest absolute Gasteiger partial charge is 0.469 e. The number of rotatable bonds is 3. The Bertz CT molecular complexity index is 458. The van der Waals surface area contributed by atoms with Gasteiger partial charge in [-0.25, -0.2) is 0 Å². The van der Waals surface area contributed by atoms with E-state index >= 15 is 0 Å². The SMILES string of the molecule is c1coc(Cc2nc(C3CCCNC3)no2)c1. The van der Waals surface area contributed by atoms with E-state index in [0.29, 0.717) is 18.2 Å². The Morgan fingerprint density at radius 3 is 3.24 bits per heavy atom.